The van der Waals surface area contributed by atoms with Gasteiger partial charge in [-0.3, -0.25) is 0 Å². The van der Waals surface area contributed by atoms with Crippen LogP contribution in [0.5, 0.6) is 0 Å². The van der Waals surface area contributed by atoms with Gasteiger partial charge in [0.2, 0.25) is 0 Å². The molecule has 1 heterocycles. The van der Waals surface area contributed by atoms with Crippen LogP contribution in [-0.4, -0.2) is 48.4 Å². The maximum Gasteiger partial charge on any atom is 0.0602 e. The maximum atomic E-state index is 6.05. The Bertz CT molecular complexity index is 342. The molecule has 1 aliphatic heterocycles. The number of rotatable bonds is 6. The Hall–Kier alpha value is -0.120. The lowest BCUT2D eigenvalue weighted by Gasteiger charge is -2.42. The van der Waals surface area contributed by atoms with Crippen LogP contribution >= 0.6 is 0 Å². The van der Waals surface area contributed by atoms with Crippen molar-refractivity contribution in [3.05, 3.63) is 0 Å². The van der Waals surface area contributed by atoms with Crippen molar-refractivity contribution < 1.29 is 9.47 Å². The van der Waals surface area contributed by atoms with E-state index in [2.05, 4.69) is 46.4 Å². The lowest BCUT2D eigenvalue weighted by molar-refractivity contribution is -0.116. The SMILES string of the molecule is CC(C)(C)OCCC1CCN(C[C@H]2C[C@H](OC(C)(C)C)C2)CC1. The average molecular weight is 326 g/mol. The van der Waals surface area contributed by atoms with Crippen LogP contribution in [0.3, 0.4) is 0 Å². The van der Waals surface area contributed by atoms with Gasteiger partial charge >= 0.3 is 0 Å². The molecule has 1 saturated carbocycles. The first-order valence-corrected chi connectivity index (χ1v) is 9.65. The fourth-order valence-electron chi connectivity index (χ4n) is 3.77. The minimum Gasteiger partial charge on any atom is -0.376 e. The molecule has 0 aromatic rings. The zero-order valence-electron chi connectivity index (χ0n) is 16.4. The third-order valence-electron chi connectivity index (χ3n) is 5.00. The Kier molecular flexibility index (Phi) is 6.55. The van der Waals surface area contributed by atoms with Crippen LogP contribution in [0.15, 0.2) is 0 Å². The van der Waals surface area contributed by atoms with Crippen LogP contribution in [0.1, 0.15) is 73.6 Å². The monoisotopic (exact) mass is 325 g/mol. The molecule has 0 aromatic heterocycles. The highest BCUT2D eigenvalue weighted by atomic mass is 16.5. The number of ether oxygens (including phenoxy) is 2. The van der Waals surface area contributed by atoms with Gasteiger partial charge in [-0.25, -0.2) is 0 Å². The van der Waals surface area contributed by atoms with E-state index in [1.54, 1.807) is 0 Å². The highest BCUT2D eigenvalue weighted by Crippen LogP contribution is 2.34. The summed E-state index contributed by atoms with van der Waals surface area (Å²) in [6.07, 6.45) is 6.96. The van der Waals surface area contributed by atoms with Crippen LogP contribution in [-0.2, 0) is 9.47 Å². The molecule has 0 atom stereocenters. The van der Waals surface area contributed by atoms with E-state index in [1.807, 2.05) is 0 Å². The molecule has 2 fully saturated rings. The Labute approximate surface area is 144 Å². The third-order valence-corrected chi connectivity index (χ3v) is 5.00. The standard InChI is InChI=1S/C20H39NO2/c1-19(2,3)22-12-9-16-7-10-21(11-8-16)15-17-13-18(14-17)23-20(4,5)6/h16-18H,7-15H2,1-6H3/t17-,18-. The second-order valence-corrected chi connectivity index (χ2v) is 9.68. The van der Waals surface area contributed by atoms with Crippen molar-refractivity contribution in [1.82, 2.24) is 4.90 Å². The number of hydrogen-bond acceptors (Lipinski definition) is 3. The summed E-state index contributed by atoms with van der Waals surface area (Å²) in [6.45, 7) is 17.7. The molecule has 136 valence electrons. The molecule has 2 aliphatic rings. The van der Waals surface area contributed by atoms with Gasteiger partial charge in [0.05, 0.1) is 17.3 Å². The Balaban J connectivity index is 1.54. The molecule has 2 rings (SSSR count). The van der Waals surface area contributed by atoms with Crippen molar-refractivity contribution in [2.24, 2.45) is 11.8 Å². The van der Waals surface area contributed by atoms with Crippen LogP contribution in [0.25, 0.3) is 0 Å². The minimum atomic E-state index is 0.0105. The second kappa shape index (κ2) is 7.84. The molecule has 1 aliphatic carbocycles. The van der Waals surface area contributed by atoms with Gasteiger partial charge in [-0.05, 0) is 98.6 Å². The summed E-state index contributed by atoms with van der Waals surface area (Å²) in [7, 11) is 0. The van der Waals surface area contributed by atoms with Crippen molar-refractivity contribution in [1.29, 1.82) is 0 Å². The van der Waals surface area contributed by atoms with E-state index < -0.39 is 0 Å². The molecule has 1 saturated heterocycles. The smallest absolute Gasteiger partial charge is 0.0602 e. The molecule has 0 bridgehead atoms. The molecule has 3 nitrogen and oxygen atoms in total. The zero-order chi connectivity index (χ0) is 17.1. The molecule has 23 heavy (non-hydrogen) atoms. The molecular weight excluding hydrogens is 286 g/mol. The van der Waals surface area contributed by atoms with Crippen LogP contribution < -0.4 is 0 Å². The van der Waals surface area contributed by atoms with Gasteiger partial charge in [-0.2, -0.15) is 0 Å². The number of piperidine rings is 1. The lowest BCUT2D eigenvalue weighted by atomic mass is 9.81. The molecule has 0 unspecified atom stereocenters. The summed E-state index contributed by atoms with van der Waals surface area (Å²) in [5.74, 6) is 1.73. The number of nitrogens with zero attached hydrogens (tertiary/aromatic N) is 1. The quantitative estimate of drug-likeness (QED) is 0.718. The first-order valence-electron chi connectivity index (χ1n) is 9.65. The zero-order valence-corrected chi connectivity index (χ0v) is 16.4. The van der Waals surface area contributed by atoms with E-state index >= 15 is 0 Å². The maximum absolute atomic E-state index is 6.05. The largest absolute Gasteiger partial charge is 0.376 e. The van der Waals surface area contributed by atoms with Gasteiger partial charge in [-0.1, -0.05) is 0 Å². The lowest BCUT2D eigenvalue weighted by Crippen LogP contribution is -2.44. The molecule has 0 N–H and O–H groups in total. The third kappa shape index (κ3) is 7.53. The first-order chi connectivity index (χ1) is 10.6. The minimum absolute atomic E-state index is 0.0105. The average Bonchev–Trinajstić information content (AvgIpc) is 2.35. The summed E-state index contributed by atoms with van der Waals surface area (Å²) in [5, 5.41) is 0. The van der Waals surface area contributed by atoms with Crippen molar-refractivity contribution in [2.75, 3.05) is 26.2 Å². The molecule has 0 aromatic carbocycles. The summed E-state index contributed by atoms with van der Waals surface area (Å²) >= 11 is 0. The van der Waals surface area contributed by atoms with Crippen molar-refractivity contribution in [3.8, 4) is 0 Å². The summed E-state index contributed by atoms with van der Waals surface area (Å²) in [5.41, 5.74) is 0.0275. The van der Waals surface area contributed by atoms with Crippen LogP contribution in [0.2, 0.25) is 0 Å². The van der Waals surface area contributed by atoms with E-state index in [0.717, 1.165) is 18.4 Å². The second-order valence-electron chi connectivity index (χ2n) is 9.68. The van der Waals surface area contributed by atoms with Gasteiger partial charge in [0.1, 0.15) is 0 Å². The molecule has 0 spiro atoms. The van der Waals surface area contributed by atoms with Crippen molar-refractivity contribution in [2.45, 2.75) is 91.0 Å². The van der Waals surface area contributed by atoms with Gasteiger partial charge in [0.25, 0.3) is 0 Å². The van der Waals surface area contributed by atoms with E-state index in [-0.39, 0.29) is 11.2 Å². The molecular formula is C20H39NO2. The van der Waals surface area contributed by atoms with Crippen molar-refractivity contribution >= 4 is 0 Å². The fourth-order valence-corrected chi connectivity index (χ4v) is 3.77. The van der Waals surface area contributed by atoms with E-state index in [4.69, 9.17) is 9.47 Å². The van der Waals surface area contributed by atoms with Gasteiger partial charge < -0.3 is 14.4 Å². The first kappa shape index (κ1) is 19.2. The van der Waals surface area contributed by atoms with Gasteiger partial charge in [0.15, 0.2) is 0 Å². The van der Waals surface area contributed by atoms with Gasteiger partial charge in [-0.15, -0.1) is 0 Å². The summed E-state index contributed by atoms with van der Waals surface area (Å²) in [6, 6.07) is 0. The van der Waals surface area contributed by atoms with E-state index in [0.29, 0.717) is 6.10 Å². The van der Waals surface area contributed by atoms with Crippen LogP contribution in [0, 0.1) is 11.8 Å². The number of hydrogen-bond donors (Lipinski definition) is 0. The van der Waals surface area contributed by atoms with Crippen LogP contribution in [0.4, 0.5) is 0 Å². The summed E-state index contributed by atoms with van der Waals surface area (Å²) < 4.78 is 11.9. The Morgan fingerprint density at radius 3 is 2.00 bits per heavy atom. The summed E-state index contributed by atoms with van der Waals surface area (Å²) in [4.78, 5) is 2.68. The molecule has 3 heteroatoms. The van der Waals surface area contributed by atoms with E-state index in [1.165, 1.54) is 51.7 Å². The van der Waals surface area contributed by atoms with Gasteiger partial charge in [0, 0.05) is 13.2 Å². The highest BCUT2D eigenvalue weighted by molar-refractivity contribution is 4.85. The molecule has 0 amide bonds. The Morgan fingerprint density at radius 1 is 0.870 bits per heavy atom. The highest BCUT2D eigenvalue weighted by Gasteiger charge is 2.34. The molecule has 0 radical (unpaired) electrons. The van der Waals surface area contributed by atoms with Crippen molar-refractivity contribution in [3.63, 3.8) is 0 Å². The topological polar surface area (TPSA) is 21.7 Å². The predicted octanol–water partition coefficient (Wildman–Crippen LogP) is 4.50. The predicted molar refractivity (Wildman–Crippen MR) is 96.8 cm³/mol. The normalized spacial score (nSPS) is 27.9. The number of likely N-dealkylation sites (tertiary alicyclic amines) is 1. The Morgan fingerprint density at radius 2 is 1.48 bits per heavy atom. The van der Waals surface area contributed by atoms with E-state index in [9.17, 15) is 0 Å². The fraction of sp³-hybridized carbons (Fsp3) is 1.00.